The molecule has 360 valence electrons. The molecule has 0 aliphatic heterocycles. The second-order valence-corrected chi connectivity index (χ2v) is 19.0. The zero-order chi connectivity index (χ0) is 51.1. The smallest absolute Gasteiger partial charge is 0.0541 e. The van der Waals surface area contributed by atoms with Gasteiger partial charge in [0.05, 0.1) is 22.1 Å². The van der Waals surface area contributed by atoms with Gasteiger partial charge in [0, 0.05) is 32.9 Å². The first kappa shape index (κ1) is 47.8. The molecule has 2 nitrogen and oxygen atoms in total. The summed E-state index contributed by atoms with van der Waals surface area (Å²) < 4.78 is 4.80. The molecule has 0 unspecified atom stereocenters. The van der Waals surface area contributed by atoms with Crippen LogP contribution in [0.2, 0.25) is 0 Å². The number of para-hydroxylation sites is 2. The number of benzene rings is 11. The Bertz CT molecular complexity index is 3870. The normalized spacial score (nSPS) is 11.1. The molecule has 0 saturated carbocycles. The minimum absolute atomic E-state index is 1.16. The van der Waals surface area contributed by atoms with Gasteiger partial charge >= 0.3 is 0 Å². The Morgan fingerprint density at radius 3 is 0.960 bits per heavy atom. The van der Waals surface area contributed by atoms with Crippen LogP contribution in [0.4, 0.5) is 0 Å². The third kappa shape index (κ3) is 9.90. The monoisotopic (exact) mass is 962 g/mol. The fraction of sp³-hybridized carbons (Fsp3) is 0.0411. The van der Waals surface area contributed by atoms with Gasteiger partial charge in [0.1, 0.15) is 0 Å². The van der Waals surface area contributed by atoms with E-state index < -0.39 is 0 Å². The summed E-state index contributed by atoms with van der Waals surface area (Å²) in [5, 5.41) is 5.01. The second kappa shape index (κ2) is 21.7. The van der Waals surface area contributed by atoms with Gasteiger partial charge in [0.2, 0.25) is 0 Å². The molecule has 0 fully saturated rings. The van der Waals surface area contributed by atoms with E-state index in [0.29, 0.717) is 0 Å². The maximum absolute atomic E-state index is 3.46. The highest BCUT2D eigenvalue weighted by molar-refractivity contribution is 6.11. The number of rotatable bonds is 8. The molecule has 2 heteroatoms. The topological polar surface area (TPSA) is 9.86 Å². The molecule has 0 amide bonds. The molecule has 13 rings (SSSR count). The van der Waals surface area contributed by atoms with Crippen LogP contribution in [0, 0.1) is 13.8 Å². The fourth-order valence-corrected chi connectivity index (χ4v) is 10.3. The lowest BCUT2D eigenvalue weighted by Gasteiger charge is -2.11. The number of hydrogen-bond acceptors (Lipinski definition) is 0. The summed E-state index contributed by atoms with van der Waals surface area (Å²) in [6, 6.07) is 96.6. The molecule has 2 aromatic heterocycles. The van der Waals surface area contributed by atoms with Gasteiger partial charge in [-0.05, 0) is 148 Å². The van der Waals surface area contributed by atoms with E-state index in [2.05, 4.69) is 296 Å². The summed E-state index contributed by atoms with van der Waals surface area (Å²) >= 11 is 0. The van der Waals surface area contributed by atoms with Crippen molar-refractivity contribution in [1.82, 2.24) is 9.13 Å². The van der Waals surface area contributed by atoms with E-state index in [9.17, 15) is 0 Å². The number of aryl methyl sites for hydroxylation is 2. The standard InChI is InChI=1S/C60H40N2.C8H10.C5H8/c1-3-13-41(14-4-1)47-17-11-19-51(37-47)61-57-23-9-7-21-53(57)55-39-49(33-35-59(55)61)45-29-25-43(26-30-45)44-27-31-46(32-28-44)50-34-36-60-56(40-50)54-22-8-10-24-58(54)62(60)52-20-12-18-48(38-52)42-15-5-2-6-16-42;1-7-5-3-4-6-8(7)2;1-3-5-4-2/h1-40H;3-6H,1-2H3;3-5H,1H2,2H3/b;;5-4+. The van der Waals surface area contributed by atoms with E-state index in [1.807, 2.05) is 19.1 Å². The maximum Gasteiger partial charge on any atom is 0.0541 e. The molecule has 2 heterocycles. The third-order valence-electron chi connectivity index (χ3n) is 14.3. The lowest BCUT2D eigenvalue weighted by molar-refractivity contribution is 1.18. The number of aromatic nitrogens is 2. The Morgan fingerprint density at radius 1 is 0.280 bits per heavy atom. The number of nitrogens with zero attached hydrogens (tertiary/aromatic N) is 2. The van der Waals surface area contributed by atoms with Gasteiger partial charge in [0.15, 0.2) is 0 Å². The van der Waals surface area contributed by atoms with E-state index >= 15 is 0 Å². The van der Waals surface area contributed by atoms with Crippen LogP contribution in [-0.4, -0.2) is 9.13 Å². The van der Waals surface area contributed by atoms with Crippen molar-refractivity contribution in [3.05, 3.63) is 303 Å². The molecular weight excluding hydrogens is 905 g/mol. The Hall–Kier alpha value is -9.50. The van der Waals surface area contributed by atoms with Crippen molar-refractivity contribution < 1.29 is 0 Å². The van der Waals surface area contributed by atoms with Crippen LogP contribution in [0.5, 0.6) is 0 Å². The average Bonchev–Trinajstić information content (AvgIpc) is 4.02. The third-order valence-corrected chi connectivity index (χ3v) is 14.3. The average molecular weight is 963 g/mol. The first-order chi connectivity index (χ1) is 36.9. The Kier molecular flexibility index (Phi) is 13.8. The summed E-state index contributed by atoms with van der Waals surface area (Å²) in [5.41, 5.74) is 22.0. The molecular formula is C73H58N2. The minimum Gasteiger partial charge on any atom is -0.309 e. The van der Waals surface area contributed by atoms with E-state index in [1.165, 1.54) is 110 Å². The molecule has 0 N–H and O–H groups in total. The Balaban J connectivity index is 0.000000410. The quantitative estimate of drug-likeness (QED) is 0.134. The van der Waals surface area contributed by atoms with Crippen LogP contribution in [0.1, 0.15) is 18.1 Å². The lowest BCUT2D eigenvalue weighted by atomic mass is 9.97. The van der Waals surface area contributed by atoms with Crippen molar-refractivity contribution in [2.75, 3.05) is 0 Å². The molecule has 11 aromatic carbocycles. The molecule has 0 spiro atoms. The Labute approximate surface area is 441 Å². The molecule has 0 saturated heterocycles. The number of allylic oxidation sites excluding steroid dienone is 3. The van der Waals surface area contributed by atoms with Gasteiger partial charge in [-0.1, -0.05) is 231 Å². The number of hydrogen-bond donors (Lipinski definition) is 0. The summed E-state index contributed by atoms with van der Waals surface area (Å²) in [4.78, 5) is 0. The molecule has 75 heavy (non-hydrogen) atoms. The first-order valence-electron chi connectivity index (χ1n) is 25.8. The molecule has 0 radical (unpaired) electrons. The minimum atomic E-state index is 1.16. The van der Waals surface area contributed by atoms with Crippen LogP contribution in [0.3, 0.4) is 0 Å². The first-order valence-corrected chi connectivity index (χ1v) is 25.8. The van der Waals surface area contributed by atoms with Crippen LogP contribution in [0.25, 0.3) is 111 Å². The molecule has 0 aliphatic carbocycles. The van der Waals surface area contributed by atoms with Gasteiger partial charge in [-0.3, -0.25) is 0 Å². The SMILES string of the molecule is C=C/C=C/C.Cc1ccccc1C.c1ccc(-c2cccc(-n3c4ccccc4c4cc(-c5ccc(-c6ccc(-c7ccc8c(c7)c7ccccc7n8-c7cccc(-c8ccccc8)c7)cc6)cc5)ccc43)c2)cc1. The van der Waals surface area contributed by atoms with Gasteiger partial charge in [-0.2, -0.15) is 0 Å². The summed E-state index contributed by atoms with van der Waals surface area (Å²) in [7, 11) is 0. The van der Waals surface area contributed by atoms with Crippen molar-refractivity contribution in [3.8, 4) is 67.0 Å². The lowest BCUT2D eigenvalue weighted by Crippen LogP contribution is -1.94. The second-order valence-electron chi connectivity index (χ2n) is 19.0. The van der Waals surface area contributed by atoms with Crippen molar-refractivity contribution >= 4 is 43.6 Å². The highest BCUT2D eigenvalue weighted by atomic mass is 15.0. The predicted molar refractivity (Wildman–Crippen MR) is 323 cm³/mol. The van der Waals surface area contributed by atoms with Crippen molar-refractivity contribution in [2.45, 2.75) is 20.8 Å². The van der Waals surface area contributed by atoms with Crippen molar-refractivity contribution in [3.63, 3.8) is 0 Å². The highest BCUT2D eigenvalue weighted by Crippen LogP contribution is 2.39. The van der Waals surface area contributed by atoms with E-state index in [0.717, 1.165) is 11.4 Å². The fourth-order valence-electron chi connectivity index (χ4n) is 10.3. The maximum atomic E-state index is 3.46. The van der Waals surface area contributed by atoms with Gasteiger partial charge in [-0.25, -0.2) is 0 Å². The van der Waals surface area contributed by atoms with E-state index in [4.69, 9.17) is 0 Å². The Morgan fingerprint density at radius 2 is 0.587 bits per heavy atom. The largest absolute Gasteiger partial charge is 0.309 e. The van der Waals surface area contributed by atoms with Crippen LogP contribution < -0.4 is 0 Å². The van der Waals surface area contributed by atoms with Gasteiger partial charge < -0.3 is 9.13 Å². The zero-order valence-electron chi connectivity index (χ0n) is 42.7. The van der Waals surface area contributed by atoms with Crippen LogP contribution in [-0.2, 0) is 0 Å². The van der Waals surface area contributed by atoms with Gasteiger partial charge in [0.25, 0.3) is 0 Å². The molecule has 0 atom stereocenters. The van der Waals surface area contributed by atoms with Crippen molar-refractivity contribution in [2.24, 2.45) is 0 Å². The van der Waals surface area contributed by atoms with Crippen LogP contribution in [0.15, 0.2) is 292 Å². The van der Waals surface area contributed by atoms with E-state index in [-0.39, 0.29) is 0 Å². The van der Waals surface area contributed by atoms with Crippen molar-refractivity contribution in [1.29, 1.82) is 0 Å². The van der Waals surface area contributed by atoms with Crippen LogP contribution >= 0.6 is 0 Å². The molecule has 0 bridgehead atoms. The predicted octanol–water partition coefficient (Wildman–Crippen LogP) is 20.3. The molecule has 13 aromatic rings. The van der Waals surface area contributed by atoms with Gasteiger partial charge in [-0.15, -0.1) is 0 Å². The van der Waals surface area contributed by atoms with E-state index in [1.54, 1.807) is 6.08 Å². The number of fused-ring (bicyclic) bond motifs is 6. The zero-order valence-corrected chi connectivity index (χ0v) is 42.7. The highest BCUT2D eigenvalue weighted by Gasteiger charge is 2.16. The summed E-state index contributed by atoms with van der Waals surface area (Å²) in [6.07, 6.45) is 5.58. The molecule has 0 aliphatic rings. The summed E-state index contributed by atoms with van der Waals surface area (Å²) in [6.45, 7) is 9.66. The summed E-state index contributed by atoms with van der Waals surface area (Å²) in [5.74, 6) is 0.